The predicted octanol–water partition coefficient (Wildman–Crippen LogP) is 4.46. The zero-order valence-corrected chi connectivity index (χ0v) is 17.8. The van der Waals surface area contributed by atoms with E-state index >= 15 is 0 Å². The number of thiazole rings is 1. The van der Waals surface area contributed by atoms with Gasteiger partial charge in [-0.2, -0.15) is 5.26 Å². The number of nitro benzene ring substituents is 1. The normalized spacial score (nSPS) is 14.4. The first kappa shape index (κ1) is 21.1. The van der Waals surface area contributed by atoms with Crippen molar-refractivity contribution in [1.82, 2.24) is 4.98 Å². The molecule has 1 amide bonds. The van der Waals surface area contributed by atoms with Crippen molar-refractivity contribution in [3.05, 3.63) is 39.6 Å². The molecular weight excluding hydrogens is 410 g/mol. The molecule has 0 radical (unpaired) electrons. The van der Waals surface area contributed by atoms with Gasteiger partial charge in [0.15, 0.2) is 5.13 Å². The molecule has 1 fully saturated rings. The Balaban J connectivity index is 1.78. The maximum atomic E-state index is 12.6. The van der Waals surface area contributed by atoms with E-state index in [1.807, 2.05) is 11.8 Å². The fraction of sp³-hybridized carbons (Fsp3) is 0.421. The lowest BCUT2D eigenvalue weighted by Gasteiger charge is -2.31. The number of rotatable bonds is 6. The number of benzene rings is 1. The highest BCUT2D eigenvalue weighted by Gasteiger charge is 2.25. The molecule has 2 heterocycles. The van der Waals surface area contributed by atoms with E-state index in [0.717, 1.165) is 35.8 Å². The summed E-state index contributed by atoms with van der Waals surface area (Å²) in [5.41, 5.74) is 1.45. The third-order valence-corrected chi connectivity index (χ3v) is 7.10. The lowest BCUT2D eigenvalue weighted by Crippen LogP contribution is -2.33. The number of carbonyl (C=O) groups is 1. The predicted molar refractivity (Wildman–Crippen MR) is 115 cm³/mol. The number of anilines is 2. The van der Waals surface area contributed by atoms with Crippen LogP contribution >= 0.6 is 23.1 Å². The summed E-state index contributed by atoms with van der Waals surface area (Å²) in [4.78, 5) is 30.1. The Labute approximate surface area is 177 Å². The molecule has 0 bridgehead atoms. The van der Waals surface area contributed by atoms with Crippen molar-refractivity contribution in [3.8, 4) is 6.07 Å². The van der Waals surface area contributed by atoms with E-state index in [9.17, 15) is 14.9 Å². The summed E-state index contributed by atoms with van der Waals surface area (Å²) in [6, 6.07) is 6.65. The molecule has 0 spiro atoms. The minimum absolute atomic E-state index is 0.0622. The SMILES string of the molecule is Cc1nc(NC(=O)c2ccc(N3CCC(C)CC3)c([N+](=O)[O-])c2)sc1SCC#N. The number of hydrogen-bond donors (Lipinski definition) is 1. The Morgan fingerprint density at radius 2 is 2.21 bits per heavy atom. The van der Waals surface area contributed by atoms with E-state index in [0.29, 0.717) is 22.5 Å². The molecule has 0 atom stereocenters. The maximum absolute atomic E-state index is 12.6. The van der Waals surface area contributed by atoms with E-state index in [1.165, 1.54) is 29.2 Å². The van der Waals surface area contributed by atoms with Crippen LogP contribution in [-0.2, 0) is 0 Å². The molecule has 0 saturated carbocycles. The van der Waals surface area contributed by atoms with Crippen molar-refractivity contribution in [2.45, 2.75) is 30.9 Å². The highest BCUT2D eigenvalue weighted by molar-refractivity contribution is 8.01. The number of carbonyl (C=O) groups excluding carboxylic acids is 1. The molecule has 2 aromatic rings. The van der Waals surface area contributed by atoms with Gasteiger partial charge in [-0.05, 0) is 37.8 Å². The minimum atomic E-state index is -0.447. The van der Waals surface area contributed by atoms with Crippen LogP contribution in [0.5, 0.6) is 0 Å². The third-order valence-electron chi connectivity index (χ3n) is 4.80. The lowest BCUT2D eigenvalue weighted by atomic mass is 9.98. The Kier molecular flexibility index (Phi) is 6.71. The van der Waals surface area contributed by atoms with Gasteiger partial charge in [0.25, 0.3) is 11.6 Å². The van der Waals surface area contributed by atoms with Gasteiger partial charge in [0.05, 0.1) is 26.6 Å². The monoisotopic (exact) mass is 431 g/mol. The van der Waals surface area contributed by atoms with Crippen LogP contribution in [0.3, 0.4) is 0 Å². The van der Waals surface area contributed by atoms with Crippen molar-refractivity contribution in [2.24, 2.45) is 5.92 Å². The zero-order chi connectivity index (χ0) is 21.0. The zero-order valence-electron chi connectivity index (χ0n) is 16.2. The first-order valence-electron chi connectivity index (χ1n) is 9.21. The lowest BCUT2D eigenvalue weighted by molar-refractivity contribution is -0.384. The summed E-state index contributed by atoms with van der Waals surface area (Å²) in [6.45, 7) is 5.54. The summed E-state index contributed by atoms with van der Waals surface area (Å²) in [5, 5.41) is 23.4. The molecule has 0 unspecified atom stereocenters. The van der Waals surface area contributed by atoms with Gasteiger partial charge in [-0.3, -0.25) is 20.2 Å². The van der Waals surface area contributed by atoms with Crippen LogP contribution in [0.15, 0.2) is 22.4 Å². The van der Waals surface area contributed by atoms with E-state index in [1.54, 1.807) is 12.1 Å². The average molecular weight is 432 g/mol. The molecule has 8 nitrogen and oxygen atoms in total. The van der Waals surface area contributed by atoms with Gasteiger partial charge in [-0.25, -0.2) is 4.98 Å². The Morgan fingerprint density at radius 1 is 1.48 bits per heavy atom. The molecule has 0 aliphatic carbocycles. The topological polar surface area (TPSA) is 112 Å². The standard InChI is InChI=1S/C19H21N5O3S2/c1-12-5-8-23(9-6-12)15-4-3-14(11-16(15)24(26)27)17(25)22-19-21-13(2)18(29-19)28-10-7-20/h3-4,11-12H,5-6,8-10H2,1-2H3,(H,21,22,25). The first-order valence-corrected chi connectivity index (χ1v) is 11.0. The van der Waals surface area contributed by atoms with Crippen LogP contribution in [-0.4, -0.2) is 34.7 Å². The van der Waals surface area contributed by atoms with Gasteiger partial charge in [-0.15, -0.1) is 0 Å². The molecule has 1 N–H and O–H groups in total. The molecule has 10 heteroatoms. The molecule has 1 aliphatic rings. The number of nitrogens with zero attached hydrogens (tertiary/aromatic N) is 4. The van der Waals surface area contributed by atoms with Gasteiger partial charge in [0, 0.05) is 24.7 Å². The van der Waals surface area contributed by atoms with Gasteiger partial charge < -0.3 is 4.90 Å². The molecule has 1 saturated heterocycles. The second-order valence-electron chi connectivity index (χ2n) is 6.92. The Morgan fingerprint density at radius 3 is 2.86 bits per heavy atom. The first-order chi connectivity index (χ1) is 13.9. The van der Waals surface area contributed by atoms with Gasteiger partial charge in [0.1, 0.15) is 5.69 Å². The molecule has 152 valence electrons. The van der Waals surface area contributed by atoms with Crippen molar-refractivity contribution < 1.29 is 9.72 Å². The number of piperidine rings is 1. The van der Waals surface area contributed by atoms with E-state index < -0.39 is 10.8 Å². The number of aryl methyl sites for hydroxylation is 1. The smallest absolute Gasteiger partial charge is 0.293 e. The number of nitro groups is 1. The van der Waals surface area contributed by atoms with Crippen molar-refractivity contribution >= 4 is 45.5 Å². The van der Waals surface area contributed by atoms with E-state index in [2.05, 4.69) is 23.3 Å². The molecule has 29 heavy (non-hydrogen) atoms. The highest BCUT2D eigenvalue weighted by Crippen LogP contribution is 2.34. The Bertz CT molecular complexity index is 961. The fourth-order valence-electron chi connectivity index (χ4n) is 3.16. The van der Waals surface area contributed by atoms with Crippen LogP contribution in [0.4, 0.5) is 16.5 Å². The molecular formula is C19H21N5O3S2. The van der Waals surface area contributed by atoms with Crippen LogP contribution < -0.4 is 10.2 Å². The molecule has 1 aliphatic heterocycles. The number of hydrogen-bond acceptors (Lipinski definition) is 8. The summed E-state index contributed by atoms with van der Waals surface area (Å²) in [7, 11) is 0. The summed E-state index contributed by atoms with van der Waals surface area (Å²) in [6.07, 6.45) is 1.99. The van der Waals surface area contributed by atoms with Crippen LogP contribution in [0, 0.1) is 34.3 Å². The van der Waals surface area contributed by atoms with Crippen molar-refractivity contribution in [3.63, 3.8) is 0 Å². The molecule has 1 aromatic heterocycles. The van der Waals surface area contributed by atoms with Gasteiger partial charge in [-0.1, -0.05) is 30.0 Å². The van der Waals surface area contributed by atoms with Crippen LogP contribution in [0.25, 0.3) is 0 Å². The number of aromatic nitrogens is 1. The van der Waals surface area contributed by atoms with Crippen molar-refractivity contribution in [1.29, 1.82) is 5.26 Å². The second kappa shape index (κ2) is 9.24. The largest absolute Gasteiger partial charge is 0.366 e. The maximum Gasteiger partial charge on any atom is 0.293 e. The number of nitriles is 1. The molecule has 1 aromatic carbocycles. The van der Waals surface area contributed by atoms with Crippen molar-refractivity contribution in [2.75, 3.05) is 29.1 Å². The van der Waals surface area contributed by atoms with Gasteiger partial charge in [0.2, 0.25) is 0 Å². The van der Waals surface area contributed by atoms with Crippen LogP contribution in [0.2, 0.25) is 0 Å². The average Bonchev–Trinajstić information content (AvgIpc) is 3.05. The summed E-state index contributed by atoms with van der Waals surface area (Å²) in [5.74, 6) is 0.477. The Hall–Kier alpha value is -2.64. The fourth-order valence-corrected chi connectivity index (χ4v) is 4.96. The van der Waals surface area contributed by atoms with E-state index in [-0.39, 0.29) is 11.3 Å². The summed E-state index contributed by atoms with van der Waals surface area (Å²) >= 11 is 2.65. The minimum Gasteiger partial charge on any atom is -0.366 e. The number of thioether (sulfide) groups is 1. The number of nitrogens with one attached hydrogen (secondary N) is 1. The summed E-state index contributed by atoms with van der Waals surface area (Å²) < 4.78 is 0.863. The number of amides is 1. The quantitative estimate of drug-likeness (QED) is 0.408. The van der Waals surface area contributed by atoms with E-state index in [4.69, 9.17) is 5.26 Å². The third kappa shape index (κ3) is 5.05. The second-order valence-corrected chi connectivity index (χ2v) is 9.17. The van der Waals surface area contributed by atoms with Gasteiger partial charge >= 0.3 is 0 Å². The highest BCUT2D eigenvalue weighted by atomic mass is 32.2. The molecule has 3 rings (SSSR count). The van der Waals surface area contributed by atoms with Crippen LogP contribution in [0.1, 0.15) is 35.8 Å².